The first kappa shape index (κ1) is 33.3. The van der Waals surface area contributed by atoms with E-state index in [4.69, 9.17) is 22.9 Å². The van der Waals surface area contributed by atoms with Crippen LogP contribution >= 0.6 is 45.2 Å². The number of amides is 2. The summed E-state index contributed by atoms with van der Waals surface area (Å²) in [6.45, 7) is 0.159. The molecule has 10 nitrogen and oxygen atoms in total. The molecule has 2 amide bonds. The molecule has 0 saturated carbocycles. The van der Waals surface area contributed by atoms with Gasteiger partial charge in [0.25, 0.3) is 0 Å². The van der Waals surface area contributed by atoms with Gasteiger partial charge in [-0.15, -0.1) is 0 Å². The summed E-state index contributed by atoms with van der Waals surface area (Å²) in [7, 11) is 0. The number of primary amides is 1. The first-order chi connectivity index (χ1) is 19.9. The topological polar surface area (TPSA) is 200 Å². The van der Waals surface area contributed by atoms with Crippen LogP contribution in [0, 0.1) is 7.14 Å². The maximum absolute atomic E-state index is 14.0. The molecule has 3 rings (SSSR count). The minimum absolute atomic E-state index is 0.0439. The number of guanidine groups is 1. The standard InChI is InChI=1S/C30H34I2N6O4/c31-22-14-18(15-23(32)26(22)40)16-24(27(33)41)38-28(42)30(36,12-7-13-37-29(34)35)25(39)17-21(19-8-3-1-4-9-19)20-10-5-2-6-11-20/h1-6,8-11,14-15,21,24,40H,7,12-13,16-17,36H2,(H2,33,41)(H,38,42)(H4,34,35,37)/t24-,30-/m0/s1. The van der Waals surface area contributed by atoms with Gasteiger partial charge in [-0.25, -0.2) is 0 Å². The van der Waals surface area contributed by atoms with Gasteiger partial charge in [0.05, 0.1) is 7.14 Å². The molecular formula is C30H34I2N6O4. The molecule has 0 aliphatic carbocycles. The Kier molecular flexibility index (Phi) is 12.1. The van der Waals surface area contributed by atoms with Gasteiger partial charge in [-0.3, -0.25) is 19.4 Å². The third-order valence-electron chi connectivity index (χ3n) is 6.89. The van der Waals surface area contributed by atoms with Crippen LogP contribution in [0.5, 0.6) is 5.75 Å². The zero-order valence-electron chi connectivity index (χ0n) is 22.8. The highest BCUT2D eigenvalue weighted by molar-refractivity contribution is 14.1. The Morgan fingerprint density at radius 2 is 1.43 bits per heavy atom. The lowest BCUT2D eigenvalue weighted by Gasteiger charge is -2.30. The number of nitrogens with zero attached hydrogens (tertiary/aromatic N) is 1. The molecule has 222 valence electrons. The van der Waals surface area contributed by atoms with Crippen molar-refractivity contribution >= 4 is 68.7 Å². The van der Waals surface area contributed by atoms with E-state index in [0.29, 0.717) is 12.7 Å². The van der Waals surface area contributed by atoms with E-state index in [1.54, 1.807) is 12.1 Å². The number of carbonyl (C=O) groups is 3. The van der Waals surface area contributed by atoms with Crippen LogP contribution in [-0.2, 0) is 20.8 Å². The zero-order valence-corrected chi connectivity index (χ0v) is 27.1. The third kappa shape index (κ3) is 8.88. The summed E-state index contributed by atoms with van der Waals surface area (Å²) in [6.07, 6.45) is 0.161. The van der Waals surface area contributed by atoms with Gasteiger partial charge in [-0.05, 0) is 86.8 Å². The highest BCUT2D eigenvalue weighted by Gasteiger charge is 2.43. The SMILES string of the molecule is NC(=O)[C@H](Cc1cc(I)c(O)c(I)c1)NC(=O)[C@](N)(CCCN=C(N)N)C(=O)CC(c1ccccc1)c1ccccc1. The van der Waals surface area contributed by atoms with E-state index < -0.39 is 29.2 Å². The predicted molar refractivity (Wildman–Crippen MR) is 180 cm³/mol. The van der Waals surface area contributed by atoms with E-state index in [-0.39, 0.29) is 49.9 Å². The summed E-state index contributed by atoms with van der Waals surface area (Å²) in [6, 6.07) is 21.2. The van der Waals surface area contributed by atoms with Gasteiger partial charge in [-0.1, -0.05) is 60.7 Å². The normalized spacial score (nSPS) is 13.1. The third-order valence-corrected chi connectivity index (χ3v) is 8.53. The van der Waals surface area contributed by atoms with Crippen molar-refractivity contribution < 1.29 is 19.5 Å². The monoisotopic (exact) mass is 796 g/mol. The van der Waals surface area contributed by atoms with Gasteiger partial charge in [-0.2, -0.15) is 0 Å². The number of benzene rings is 3. The van der Waals surface area contributed by atoms with E-state index in [2.05, 4.69) is 10.3 Å². The largest absolute Gasteiger partial charge is 0.506 e. The van der Waals surface area contributed by atoms with Gasteiger partial charge in [0.15, 0.2) is 17.3 Å². The number of carbonyl (C=O) groups excluding carboxylic acids is 3. The number of aliphatic imine (C=N–C) groups is 1. The molecule has 0 spiro atoms. The number of aromatic hydroxyl groups is 1. The number of nitrogens with one attached hydrogen (secondary N) is 1. The van der Waals surface area contributed by atoms with Crippen LogP contribution in [0.25, 0.3) is 0 Å². The Morgan fingerprint density at radius 1 is 0.905 bits per heavy atom. The number of phenols is 1. The molecule has 0 unspecified atom stereocenters. The van der Waals surface area contributed by atoms with Crippen LogP contribution in [0.2, 0.25) is 0 Å². The van der Waals surface area contributed by atoms with Crippen LogP contribution < -0.4 is 28.3 Å². The van der Waals surface area contributed by atoms with Crippen LogP contribution in [0.3, 0.4) is 0 Å². The fourth-order valence-corrected chi connectivity index (χ4v) is 6.49. The maximum Gasteiger partial charge on any atom is 0.248 e. The van der Waals surface area contributed by atoms with Crippen molar-refractivity contribution in [2.75, 3.05) is 6.54 Å². The van der Waals surface area contributed by atoms with Crippen LogP contribution in [-0.4, -0.2) is 46.8 Å². The molecule has 3 aromatic rings. The summed E-state index contributed by atoms with van der Waals surface area (Å²) < 4.78 is 1.17. The molecule has 0 bridgehead atoms. The first-order valence-corrected chi connectivity index (χ1v) is 15.3. The summed E-state index contributed by atoms with van der Waals surface area (Å²) in [5, 5.41) is 12.7. The van der Waals surface area contributed by atoms with Gasteiger partial charge in [0, 0.05) is 25.3 Å². The summed E-state index contributed by atoms with van der Waals surface area (Å²) >= 11 is 3.96. The van der Waals surface area contributed by atoms with Crippen molar-refractivity contribution in [1.29, 1.82) is 0 Å². The number of halogens is 2. The number of ketones is 1. The van der Waals surface area contributed by atoms with Crippen LogP contribution in [0.4, 0.5) is 0 Å². The number of hydrogen-bond donors (Lipinski definition) is 6. The highest BCUT2D eigenvalue weighted by Crippen LogP contribution is 2.31. The van der Waals surface area contributed by atoms with Crippen molar-refractivity contribution in [3.05, 3.63) is 96.6 Å². The lowest BCUT2D eigenvalue weighted by Crippen LogP contribution is -2.63. The average Bonchev–Trinajstić information content (AvgIpc) is 2.96. The van der Waals surface area contributed by atoms with Crippen molar-refractivity contribution in [3.8, 4) is 5.75 Å². The fraction of sp³-hybridized carbons (Fsp3) is 0.267. The van der Waals surface area contributed by atoms with E-state index >= 15 is 0 Å². The second kappa shape index (κ2) is 15.3. The summed E-state index contributed by atoms with van der Waals surface area (Å²) in [5.41, 5.74) is 23.7. The second-order valence-corrected chi connectivity index (χ2v) is 12.2. The number of hydrogen-bond acceptors (Lipinski definition) is 6. The molecule has 0 aliphatic heterocycles. The van der Waals surface area contributed by atoms with Gasteiger partial charge < -0.3 is 33.4 Å². The molecule has 2 atom stereocenters. The van der Waals surface area contributed by atoms with E-state index in [1.165, 1.54) is 0 Å². The van der Waals surface area contributed by atoms with E-state index in [1.807, 2.05) is 106 Å². The summed E-state index contributed by atoms with van der Waals surface area (Å²) in [5.74, 6) is -2.46. The molecule has 12 heteroatoms. The van der Waals surface area contributed by atoms with Crippen molar-refractivity contribution in [2.45, 2.75) is 43.2 Å². The molecular weight excluding hydrogens is 762 g/mol. The molecule has 0 saturated heterocycles. The number of phenolic OH excluding ortho intramolecular Hbond substituents is 1. The Bertz CT molecular complexity index is 1370. The fourth-order valence-electron chi connectivity index (χ4n) is 4.59. The lowest BCUT2D eigenvalue weighted by atomic mass is 9.79. The molecule has 0 aliphatic rings. The summed E-state index contributed by atoms with van der Waals surface area (Å²) in [4.78, 5) is 44.2. The smallest absolute Gasteiger partial charge is 0.248 e. The molecule has 0 aromatic heterocycles. The van der Waals surface area contributed by atoms with E-state index in [9.17, 15) is 19.5 Å². The molecule has 0 heterocycles. The Labute approximate surface area is 272 Å². The average molecular weight is 796 g/mol. The maximum atomic E-state index is 14.0. The Morgan fingerprint density at radius 3 is 1.90 bits per heavy atom. The molecule has 42 heavy (non-hydrogen) atoms. The minimum Gasteiger partial charge on any atom is -0.506 e. The van der Waals surface area contributed by atoms with Crippen molar-refractivity contribution in [1.82, 2.24) is 5.32 Å². The number of rotatable bonds is 14. The Hall–Kier alpha value is -3.24. The first-order valence-electron chi connectivity index (χ1n) is 13.2. The molecule has 0 fully saturated rings. The predicted octanol–water partition coefficient (Wildman–Crippen LogP) is 2.66. The van der Waals surface area contributed by atoms with Crippen LogP contribution in [0.15, 0.2) is 77.8 Å². The van der Waals surface area contributed by atoms with E-state index in [0.717, 1.165) is 11.1 Å². The van der Waals surface area contributed by atoms with Gasteiger partial charge in [0.1, 0.15) is 11.8 Å². The van der Waals surface area contributed by atoms with Gasteiger partial charge in [0.2, 0.25) is 11.8 Å². The molecule has 3 aromatic carbocycles. The number of Topliss-reactive ketones (excluding diaryl/α,β-unsaturated/α-hetero) is 1. The lowest BCUT2D eigenvalue weighted by molar-refractivity contribution is -0.138. The highest BCUT2D eigenvalue weighted by atomic mass is 127. The van der Waals surface area contributed by atoms with Crippen molar-refractivity contribution in [2.24, 2.45) is 27.9 Å². The quantitative estimate of drug-likeness (QED) is 0.0474. The Balaban J connectivity index is 1.92. The van der Waals surface area contributed by atoms with Crippen LogP contribution in [0.1, 0.15) is 41.9 Å². The second-order valence-electron chi connectivity index (χ2n) is 9.92. The van der Waals surface area contributed by atoms with Gasteiger partial charge >= 0.3 is 0 Å². The molecule has 0 radical (unpaired) electrons. The zero-order chi connectivity index (χ0) is 30.9. The molecule has 10 N–H and O–H groups in total. The van der Waals surface area contributed by atoms with Crippen molar-refractivity contribution in [3.63, 3.8) is 0 Å². The number of nitrogens with two attached hydrogens (primary N) is 4. The minimum atomic E-state index is -1.99.